The summed E-state index contributed by atoms with van der Waals surface area (Å²) in [6.07, 6.45) is 3.00. The molecule has 4 nitrogen and oxygen atoms in total. The normalized spacial score (nSPS) is 16.6. The minimum atomic E-state index is 0.0399. The van der Waals surface area contributed by atoms with Crippen LogP contribution < -0.4 is 11.3 Å². The Hall–Kier alpha value is -0.820. The number of rotatable bonds is 3. The molecule has 0 radical (unpaired) electrons. The number of aryl methyl sites for hydroxylation is 2. The Kier molecular flexibility index (Phi) is 3.43. The van der Waals surface area contributed by atoms with E-state index < -0.39 is 0 Å². The van der Waals surface area contributed by atoms with Crippen LogP contribution in [0.15, 0.2) is 18.3 Å². The van der Waals surface area contributed by atoms with Crippen LogP contribution in [0.5, 0.6) is 0 Å². The number of aromatic nitrogens is 2. The minimum Gasteiger partial charge on any atom is -0.271 e. The summed E-state index contributed by atoms with van der Waals surface area (Å²) in [6.45, 7) is 0. The van der Waals surface area contributed by atoms with Crippen LogP contribution in [-0.2, 0) is 19.2 Å². The fourth-order valence-electron chi connectivity index (χ4n) is 2.29. The van der Waals surface area contributed by atoms with Crippen molar-refractivity contribution < 1.29 is 0 Å². The molecule has 2 aromatic rings. The monoisotopic (exact) mass is 280 g/mol. The Morgan fingerprint density at radius 3 is 3.11 bits per heavy atom. The molecule has 0 saturated carbocycles. The largest absolute Gasteiger partial charge is 0.271 e. The van der Waals surface area contributed by atoms with Crippen molar-refractivity contribution in [2.75, 3.05) is 5.75 Å². The number of thiophene rings is 1. The SMILES string of the molecule is Cn1nccc1C(NN)c1cc2c(s1)CCSC2. The standard InChI is InChI=1S/C12H16N4S2/c1-16-9(2-4-14-16)12(15-13)11-6-8-7-17-5-3-10(8)18-11/h2,4,6,12,15H,3,5,7,13H2,1H3. The van der Waals surface area contributed by atoms with E-state index in [1.54, 1.807) is 0 Å². The number of hydrogen-bond donors (Lipinski definition) is 2. The third-order valence-corrected chi connectivity index (χ3v) is 5.56. The molecule has 3 heterocycles. The summed E-state index contributed by atoms with van der Waals surface area (Å²) in [4.78, 5) is 2.81. The Morgan fingerprint density at radius 1 is 1.56 bits per heavy atom. The Balaban J connectivity index is 1.97. The highest BCUT2D eigenvalue weighted by atomic mass is 32.2. The molecule has 2 aromatic heterocycles. The van der Waals surface area contributed by atoms with Crippen molar-refractivity contribution in [2.45, 2.75) is 18.2 Å². The van der Waals surface area contributed by atoms with Crippen LogP contribution in [-0.4, -0.2) is 15.5 Å². The summed E-state index contributed by atoms with van der Waals surface area (Å²) in [6, 6.07) is 4.35. The fourth-order valence-corrected chi connectivity index (χ4v) is 4.74. The topological polar surface area (TPSA) is 55.9 Å². The summed E-state index contributed by atoms with van der Waals surface area (Å²) in [7, 11) is 1.95. The summed E-state index contributed by atoms with van der Waals surface area (Å²) < 4.78 is 1.87. The molecule has 1 unspecified atom stereocenters. The van der Waals surface area contributed by atoms with Gasteiger partial charge in [-0.1, -0.05) is 0 Å². The number of fused-ring (bicyclic) bond motifs is 1. The summed E-state index contributed by atoms with van der Waals surface area (Å²) in [5.41, 5.74) is 5.49. The van der Waals surface area contributed by atoms with Gasteiger partial charge in [0, 0.05) is 28.8 Å². The van der Waals surface area contributed by atoms with Crippen LogP contribution in [0.2, 0.25) is 0 Å². The number of thioether (sulfide) groups is 1. The second kappa shape index (κ2) is 5.05. The molecular formula is C12H16N4S2. The first kappa shape index (κ1) is 12.2. The zero-order valence-electron chi connectivity index (χ0n) is 10.2. The summed E-state index contributed by atoms with van der Waals surface area (Å²) in [5, 5.41) is 4.21. The molecule has 18 heavy (non-hydrogen) atoms. The van der Waals surface area contributed by atoms with Gasteiger partial charge in [-0.25, -0.2) is 5.43 Å². The third kappa shape index (κ3) is 2.09. The molecule has 1 aliphatic heterocycles. The summed E-state index contributed by atoms with van der Waals surface area (Å²) >= 11 is 3.89. The molecule has 96 valence electrons. The van der Waals surface area contributed by atoms with Gasteiger partial charge in [-0.15, -0.1) is 11.3 Å². The lowest BCUT2D eigenvalue weighted by Crippen LogP contribution is -2.29. The number of nitrogens with one attached hydrogen (secondary N) is 1. The van der Waals surface area contributed by atoms with E-state index in [0.717, 1.165) is 11.4 Å². The molecular weight excluding hydrogens is 264 g/mol. The number of nitrogens with zero attached hydrogens (tertiary/aromatic N) is 2. The molecule has 1 aliphatic rings. The van der Waals surface area contributed by atoms with Gasteiger partial charge in [0.15, 0.2) is 0 Å². The van der Waals surface area contributed by atoms with Gasteiger partial charge in [-0.3, -0.25) is 10.5 Å². The van der Waals surface area contributed by atoms with E-state index in [1.807, 2.05) is 47.1 Å². The maximum absolute atomic E-state index is 5.73. The van der Waals surface area contributed by atoms with Gasteiger partial charge in [-0.05, 0) is 29.9 Å². The van der Waals surface area contributed by atoms with E-state index in [0.29, 0.717) is 0 Å². The second-order valence-electron chi connectivity index (χ2n) is 4.38. The first-order chi connectivity index (χ1) is 8.79. The molecule has 0 bridgehead atoms. The van der Waals surface area contributed by atoms with E-state index in [-0.39, 0.29) is 6.04 Å². The Labute approximate surface area is 115 Å². The highest BCUT2D eigenvalue weighted by Gasteiger charge is 2.21. The van der Waals surface area contributed by atoms with Crippen molar-refractivity contribution in [3.63, 3.8) is 0 Å². The van der Waals surface area contributed by atoms with Crippen LogP contribution in [0, 0.1) is 0 Å². The zero-order chi connectivity index (χ0) is 12.5. The first-order valence-electron chi connectivity index (χ1n) is 5.93. The lowest BCUT2D eigenvalue weighted by molar-refractivity contribution is 0.582. The van der Waals surface area contributed by atoms with E-state index in [9.17, 15) is 0 Å². The number of hydrazine groups is 1. The highest BCUT2D eigenvalue weighted by molar-refractivity contribution is 7.98. The van der Waals surface area contributed by atoms with Crippen LogP contribution in [0.4, 0.5) is 0 Å². The van der Waals surface area contributed by atoms with Crippen molar-refractivity contribution in [1.82, 2.24) is 15.2 Å². The highest BCUT2D eigenvalue weighted by Crippen LogP contribution is 2.36. The summed E-state index contributed by atoms with van der Waals surface area (Å²) in [5.74, 6) is 8.10. The van der Waals surface area contributed by atoms with Gasteiger partial charge < -0.3 is 0 Å². The molecule has 6 heteroatoms. The molecule has 0 spiro atoms. The van der Waals surface area contributed by atoms with Gasteiger partial charge in [-0.2, -0.15) is 16.9 Å². The van der Waals surface area contributed by atoms with E-state index in [2.05, 4.69) is 16.6 Å². The minimum absolute atomic E-state index is 0.0399. The average molecular weight is 280 g/mol. The molecule has 0 aromatic carbocycles. The van der Waals surface area contributed by atoms with Gasteiger partial charge in [0.1, 0.15) is 0 Å². The smallest absolute Gasteiger partial charge is 0.0970 e. The zero-order valence-corrected chi connectivity index (χ0v) is 11.9. The molecule has 3 rings (SSSR count). The first-order valence-corrected chi connectivity index (χ1v) is 7.90. The quantitative estimate of drug-likeness (QED) is 0.665. The lowest BCUT2D eigenvalue weighted by atomic mass is 10.1. The third-order valence-electron chi connectivity index (χ3n) is 3.25. The predicted molar refractivity (Wildman–Crippen MR) is 76.6 cm³/mol. The van der Waals surface area contributed by atoms with Crippen LogP contribution in [0.1, 0.15) is 27.1 Å². The van der Waals surface area contributed by atoms with Crippen molar-refractivity contribution in [3.8, 4) is 0 Å². The van der Waals surface area contributed by atoms with Gasteiger partial charge in [0.25, 0.3) is 0 Å². The maximum atomic E-state index is 5.73. The number of nitrogens with two attached hydrogens (primary N) is 1. The van der Waals surface area contributed by atoms with Crippen LogP contribution >= 0.6 is 23.1 Å². The molecule has 0 amide bonds. The van der Waals surface area contributed by atoms with E-state index >= 15 is 0 Å². The molecule has 1 atom stereocenters. The molecule has 0 fully saturated rings. The second-order valence-corrected chi connectivity index (χ2v) is 6.65. The Bertz CT molecular complexity index is 523. The van der Waals surface area contributed by atoms with Crippen LogP contribution in [0.3, 0.4) is 0 Å². The Morgan fingerprint density at radius 2 is 2.44 bits per heavy atom. The van der Waals surface area contributed by atoms with Gasteiger partial charge in [0.2, 0.25) is 0 Å². The van der Waals surface area contributed by atoms with Crippen molar-refractivity contribution in [1.29, 1.82) is 0 Å². The van der Waals surface area contributed by atoms with Crippen molar-refractivity contribution >= 4 is 23.1 Å². The molecule has 0 aliphatic carbocycles. The lowest BCUT2D eigenvalue weighted by Gasteiger charge is -2.14. The van der Waals surface area contributed by atoms with Crippen molar-refractivity contribution in [2.24, 2.45) is 12.9 Å². The van der Waals surface area contributed by atoms with Crippen molar-refractivity contribution in [3.05, 3.63) is 39.3 Å². The molecule has 0 saturated heterocycles. The average Bonchev–Trinajstić information content (AvgIpc) is 2.97. The maximum Gasteiger partial charge on any atom is 0.0970 e. The van der Waals surface area contributed by atoms with Crippen LogP contribution in [0.25, 0.3) is 0 Å². The molecule has 3 N–H and O–H groups in total. The van der Waals surface area contributed by atoms with Gasteiger partial charge in [0.05, 0.1) is 11.7 Å². The van der Waals surface area contributed by atoms with E-state index in [1.165, 1.54) is 27.5 Å². The number of hydrogen-bond acceptors (Lipinski definition) is 5. The predicted octanol–water partition coefficient (Wildman–Crippen LogP) is 1.82. The van der Waals surface area contributed by atoms with Gasteiger partial charge >= 0.3 is 0 Å². The fraction of sp³-hybridized carbons (Fsp3) is 0.417. The van der Waals surface area contributed by atoms with E-state index in [4.69, 9.17) is 5.84 Å².